The fourth-order valence-corrected chi connectivity index (χ4v) is 1.93. The molecule has 3 nitrogen and oxygen atoms in total. The van der Waals surface area contributed by atoms with E-state index in [4.69, 9.17) is 37.9 Å². The maximum Gasteiger partial charge on any atom is 0.165 e. The molecule has 0 fully saturated rings. The van der Waals surface area contributed by atoms with Crippen LogP contribution in [0.25, 0.3) is 0 Å². The predicted octanol–water partition coefficient (Wildman–Crippen LogP) is 4.41. The number of nitrogens with zero attached hydrogens (tertiary/aromatic N) is 1. The number of methoxy groups -OCH3 is 1. The Kier molecular flexibility index (Phi) is 5.78. The molecule has 0 N–H and O–H groups in total. The maximum absolute atomic E-state index is 8.96. The van der Waals surface area contributed by atoms with E-state index in [9.17, 15) is 0 Å². The monoisotopic (exact) mass is 301 g/mol. The van der Waals surface area contributed by atoms with Crippen molar-refractivity contribution in [1.82, 2.24) is 0 Å². The Morgan fingerprint density at radius 3 is 2.58 bits per heavy atom. The lowest BCUT2D eigenvalue weighted by molar-refractivity contribution is 0.251. The second-order valence-corrected chi connectivity index (χ2v) is 5.53. The molecular weight excluding hydrogens is 285 g/mol. The van der Waals surface area contributed by atoms with Crippen LogP contribution in [0.1, 0.15) is 25.8 Å². The van der Waals surface area contributed by atoms with Crippen LogP contribution in [0.2, 0.25) is 5.02 Å². The second-order valence-electron chi connectivity index (χ2n) is 4.82. The van der Waals surface area contributed by atoms with Crippen molar-refractivity contribution in [3.8, 4) is 17.6 Å². The zero-order valence-electron chi connectivity index (χ0n) is 11.3. The van der Waals surface area contributed by atoms with E-state index in [1.807, 2.05) is 13.8 Å². The number of halogens is 2. The summed E-state index contributed by atoms with van der Waals surface area (Å²) in [4.78, 5) is 0. The molecule has 0 aliphatic rings. The summed E-state index contributed by atoms with van der Waals surface area (Å²) < 4.78 is 11.0. The number of benzene rings is 1. The van der Waals surface area contributed by atoms with Crippen molar-refractivity contribution < 1.29 is 9.47 Å². The largest absolute Gasteiger partial charge is 0.493 e. The fourth-order valence-electron chi connectivity index (χ4n) is 1.50. The lowest BCUT2D eigenvalue weighted by atomic mass is 9.92. The summed E-state index contributed by atoms with van der Waals surface area (Å²) in [7, 11) is 1.55. The Labute approximate surface area is 124 Å². The third-order valence-corrected chi connectivity index (χ3v) is 3.24. The molecule has 0 saturated heterocycles. The summed E-state index contributed by atoms with van der Waals surface area (Å²) in [6, 6.07) is 5.67. The number of hydrogen-bond donors (Lipinski definition) is 0. The summed E-state index contributed by atoms with van der Waals surface area (Å²) in [5.74, 6) is 1.43. The highest BCUT2D eigenvalue weighted by Gasteiger charge is 2.18. The van der Waals surface area contributed by atoms with E-state index in [1.165, 1.54) is 0 Å². The Hall–Kier alpha value is -1.11. The third kappa shape index (κ3) is 4.49. The zero-order chi connectivity index (χ0) is 14.5. The van der Waals surface area contributed by atoms with Gasteiger partial charge in [0.15, 0.2) is 11.5 Å². The molecule has 104 valence electrons. The van der Waals surface area contributed by atoms with Crippen LogP contribution in [0, 0.1) is 16.7 Å². The van der Waals surface area contributed by atoms with Gasteiger partial charge in [0.25, 0.3) is 0 Å². The Balaban J connectivity index is 2.85. The van der Waals surface area contributed by atoms with Gasteiger partial charge < -0.3 is 9.47 Å². The molecule has 0 aromatic heterocycles. The van der Waals surface area contributed by atoms with Crippen molar-refractivity contribution in [3.05, 3.63) is 22.7 Å². The van der Waals surface area contributed by atoms with Crippen molar-refractivity contribution >= 4 is 23.2 Å². The summed E-state index contributed by atoms with van der Waals surface area (Å²) >= 11 is 11.9. The molecule has 0 unspecified atom stereocenters. The normalized spacial score (nSPS) is 10.9. The molecule has 0 heterocycles. The van der Waals surface area contributed by atoms with Crippen LogP contribution in [-0.2, 0) is 5.88 Å². The van der Waals surface area contributed by atoms with Gasteiger partial charge in [0, 0.05) is 16.7 Å². The molecule has 0 aliphatic carbocycles. The number of alkyl halides is 1. The zero-order valence-corrected chi connectivity index (χ0v) is 12.8. The predicted molar refractivity (Wildman–Crippen MR) is 77.1 cm³/mol. The molecular formula is C14H17Cl2NO2. The first kappa shape index (κ1) is 15.9. The van der Waals surface area contributed by atoms with E-state index in [1.54, 1.807) is 19.2 Å². The minimum Gasteiger partial charge on any atom is -0.493 e. The molecule has 1 rings (SSSR count). The number of hydrogen-bond acceptors (Lipinski definition) is 3. The molecule has 0 radical (unpaired) electrons. The first-order valence-electron chi connectivity index (χ1n) is 5.90. The van der Waals surface area contributed by atoms with Crippen LogP contribution in [-0.4, -0.2) is 13.7 Å². The van der Waals surface area contributed by atoms with E-state index in [-0.39, 0.29) is 5.88 Å². The van der Waals surface area contributed by atoms with Gasteiger partial charge in [-0.1, -0.05) is 11.6 Å². The number of nitriles is 1. The minimum atomic E-state index is -0.416. The summed E-state index contributed by atoms with van der Waals surface area (Å²) in [6.45, 7) is 4.16. The Morgan fingerprint density at radius 2 is 2.05 bits per heavy atom. The van der Waals surface area contributed by atoms with Crippen molar-refractivity contribution in [3.63, 3.8) is 0 Å². The maximum atomic E-state index is 8.96. The molecule has 19 heavy (non-hydrogen) atoms. The quantitative estimate of drug-likeness (QED) is 0.731. The molecule has 1 aromatic rings. The molecule has 0 spiro atoms. The molecule has 5 heteroatoms. The van der Waals surface area contributed by atoms with Crippen LogP contribution in [0.5, 0.6) is 11.5 Å². The van der Waals surface area contributed by atoms with Gasteiger partial charge in [0.1, 0.15) is 0 Å². The van der Waals surface area contributed by atoms with Gasteiger partial charge in [-0.3, -0.25) is 0 Å². The van der Waals surface area contributed by atoms with E-state index >= 15 is 0 Å². The molecule has 0 atom stereocenters. The second kappa shape index (κ2) is 6.88. The lowest BCUT2D eigenvalue weighted by Crippen LogP contribution is -2.13. The summed E-state index contributed by atoms with van der Waals surface area (Å²) in [5, 5.41) is 9.51. The fraction of sp³-hybridized carbons (Fsp3) is 0.500. The van der Waals surface area contributed by atoms with Gasteiger partial charge in [-0.2, -0.15) is 5.26 Å². The molecule has 0 amide bonds. The van der Waals surface area contributed by atoms with Crippen molar-refractivity contribution in [2.45, 2.75) is 26.1 Å². The average molecular weight is 302 g/mol. The van der Waals surface area contributed by atoms with Crippen LogP contribution in [0.15, 0.2) is 12.1 Å². The molecule has 0 saturated carbocycles. The van der Waals surface area contributed by atoms with Crippen LogP contribution in [0.3, 0.4) is 0 Å². The highest BCUT2D eigenvalue weighted by molar-refractivity contribution is 6.31. The van der Waals surface area contributed by atoms with Gasteiger partial charge >= 0.3 is 0 Å². The molecule has 1 aromatic carbocycles. The van der Waals surface area contributed by atoms with Gasteiger partial charge in [-0.15, -0.1) is 11.6 Å². The van der Waals surface area contributed by atoms with Gasteiger partial charge in [0.2, 0.25) is 0 Å². The standard InChI is InChI=1S/C14H17Cl2NO2/c1-14(2,9-17)4-5-19-13-10(8-15)6-11(16)7-12(13)18-3/h6-7H,4-5,8H2,1-3H3. The first-order chi connectivity index (χ1) is 8.93. The van der Waals surface area contributed by atoms with Crippen molar-refractivity contribution in [2.75, 3.05) is 13.7 Å². The number of rotatable bonds is 6. The molecule has 0 aliphatic heterocycles. The third-order valence-electron chi connectivity index (χ3n) is 2.74. The topological polar surface area (TPSA) is 42.2 Å². The van der Waals surface area contributed by atoms with Crippen molar-refractivity contribution in [1.29, 1.82) is 5.26 Å². The first-order valence-corrected chi connectivity index (χ1v) is 6.81. The van der Waals surface area contributed by atoms with Gasteiger partial charge in [0.05, 0.1) is 31.1 Å². The summed E-state index contributed by atoms with van der Waals surface area (Å²) in [5.41, 5.74) is 0.363. The minimum absolute atomic E-state index is 0.286. The van der Waals surface area contributed by atoms with E-state index in [2.05, 4.69) is 6.07 Å². The highest BCUT2D eigenvalue weighted by Crippen LogP contribution is 2.36. The van der Waals surface area contributed by atoms with E-state index in [0.29, 0.717) is 29.5 Å². The van der Waals surface area contributed by atoms with Crippen LogP contribution < -0.4 is 9.47 Å². The number of ether oxygens (including phenoxy) is 2. The smallest absolute Gasteiger partial charge is 0.165 e. The Bertz CT molecular complexity index is 456. The van der Waals surface area contributed by atoms with Crippen LogP contribution >= 0.6 is 23.2 Å². The van der Waals surface area contributed by atoms with E-state index < -0.39 is 5.41 Å². The van der Waals surface area contributed by atoms with Crippen molar-refractivity contribution in [2.24, 2.45) is 5.41 Å². The Morgan fingerprint density at radius 1 is 1.37 bits per heavy atom. The van der Waals surface area contributed by atoms with Gasteiger partial charge in [-0.05, 0) is 26.3 Å². The van der Waals surface area contributed by atoms with Crippen LogP contribution in [0.4, 0.5) is 0 Å². The summed E-state index contributed by atoms with van der Waals surface area (Å²) in [6.07, 6.45) is 0.622. The molecule has 0 bridgehead atoms. The lowest BCUT2D eigenvalue weighted by Gasteiger charge is -2.18. The SMILES string of the molecule is COc1cc(Cl)cc(CCl)c1OCCC(C)(C)C#N. The highest BCUT2D eigenvalue weighted by atomic mass is 35.5. The average Bonchev–Trinajstić information content (AvgIpc) is 2.39. The van der Waals surface area contributed by atoms with E-state index in [0.717, 1.165) is 5.56 Å². The van der Waals surface area contributed by atoms with Gasteiger partial charge in [-0.25, -0.2) is 0 Å².